The fourth-order valence-corrected chi connectivity index (χ4v) is 2.98. The second kappa shape index (κ2) is 9.56. The lowest BCUT2D eigenvalue weighted by molar-refractivity contribution is -0.385. The quantitative estimate of drug-likeness (QED) is 0.368. The first-order valence-electron chi connectivity index (χ1n) is 7.45. The number of hydrogen-bond acceptors (Lipinski definition) is 6. The monoisotopic (exact) mass is 345 g/mol. The van der Waals surface area contributed by atoms with Gasteiger partial charge in [-0.25, -0.2) is 13.1 Å². The van der Waals surface area contributed by atoms with E-state index in [1.165, 1.54) is 18.2 Å². The molecule has 9 heteroatoms. The lowest BCUT2D eigenvalue weighted by Gasteiger charge is -2.17. The number of nitro benzene ring substituents is 1. The van der Waals surface area contributed by atoms with Gasteiger partial charge in [-0.05, 0) is 19.2 Å². The van der Waals surface area contributed by atoms with E-state index in [0.29, 0.717) is 6.61 Å². The maximum absolute atomic E-state index is 12.0. The lowest BCUT2D eigenvalue weighted by Crippen LogP contribution is -2.30. The van der Waals surface area contributed by atoms with Crippen LogP contribution < -0.4 is 4.72 Å². The van der Waals surface area contributed by atoms with Crippen molar-refractivity contribution >= 4 is 15.7 Å². The standard InChI is InChI=1S/C14H23N3O5S/c1-3-16(4-2)9-11-22-10-8-15-23(20,21)14-7-5-6-13(12-14)17(18)19/h5-7,12,15H,3-4,8-11H2,1-2H3. The van der Waals surface area contributed by atoms with Gasteiger partial charge >= 0.3 is 0 Å². The molecule has 0 saturated carbocycles. The number of nitrogens with one attached hydrogen (secondary N) is 1. The highest BCUT2D eigenvalue weighted by molar-refractivity contribution is 7.89. The fourth-order valence-electron chi connectivity index (χ4n) is 1.93. The van der Waals surface area contributed by atoms with Gasteiger partial charge in [0.05, 0.1) is 23.0 Å². The van der Waals surface area contributed by atoms with E-state index in [1.54, 1.807) is 0 Å². The molecule has 0 bridgehead atoms. The Bertz CT molecular complexity index is 602. The summed E-state index contributed by atoms with van der Waals surface area (Å²) in [5.41, 5.74) is -0.261. The van der Waals surface area contributed by atoms with Crippen molar-refractivity contribution < 1.29 is 18.1 Å². The molecule has 23 heavy (non-hydrogen) atoms. The van der Waals surface area contributed by atoms with Gasteiger partial charge in [-0.2, -0.15) is 0 Å². The van der Waals surface area contributed by atoms with Crippen molar-refractivity contribution in [1.29, 1.82) is 0 Å². The van der Waals surface area contributed by atoms with Crippen molar-refractivity contribution in [1.82, 2.24) is 9.62 Å². The van der Waals surface area contributed by atoms with Crippen LogP contribution in [0.2, 0.25) is 0 Å². The van der Waals surface area contributed by atoms with E-state index < -0.39 is 14.9 Å². The SMILES string of the molecule is CCN(CC)CCOCCNS(=O)(=O)c1cccc([N+](=O)[O-])c1. The molecule has 0 unspecified atom stereocenters. The zero-order chi connectivity index (χ0) is 17.3. The van der Waals surface area contributed by atoms with Gasteiger partial charge in [-0.3, -0.25) is 10.1 Å². The summed E-state index contributed by atoms with van der Waals surface area (Å²) in [5.74, 6) is 0. The van der Waals surface area contributed by atoms with Crippen LogP contribution in [0.25, 0.3) is 0 Å². The van der Waals surface area contributed by atoms with Crippen LogP contribution >= 0.6 is 0 Å². The maximum atomic E-state index is 12.0. The predicted octanol–water partition coefficient (Wildman–Crippen LogP) is 1.23. The molecular weight excluding hydrogens is 322 g/mol. The first kappa shape index (κ1) is 19.5. The van der Waals surface area contributed by atoms with Crippen LogP contribution in [0.4, 0.5) is 5.69 Å². The number of rotatable bonds is 11. The molecule has 1 rings (SSSR count). The van der Waals surface area contributed by atoms with Crippen LogP contribution in [0.3, 0.4) is 0 Å². The first-order valence-corrected chi connectivity index (χ1v) is 8.93. The minimum absolute atomic E-state index is 0.114. The number of ether oxygens (including phenoxy) is 1. The number of non-ortho nitro benzene ring substituents is 1. The van der Waals surface area contributed by atoms with E-state index in [0.717, 1.165) is 25.7 Å². The lowest BCUT2D eigenvalue weighted by atomic mass is 10.3. The normalized spacial score (nSPS) is 11.8. The van der Waals surface area contributed by atoms with Crippen molar-refractivity contribution in [2.45, 2.75) is 18.7 Å². The van der Waals surface area contributed by atoms with Gasteiger partial charge < -0.3 is 9.64 Å². The summed E-state index contributed by atoms with van der Waals surface area (Å²) in [4.78, 5) is 12.1. The van der Waals surface area contributed by atoms with Crippen LogP contribution in [-0.2, 0) is 14.8 Å². The van der Waals surface area contributed by atoms with Crippen LogP contribution in [-0.4, -0.2) is 57.6 Å². The summed E-state index contributed by atoms with van der Waals surface area (Å²) in [5, 5.41) is 10.7. The van der Waals surface area contributed by atoms with Gasteiger partial charge in [-0.15, -0.1) is 0 Å². The number of hydrogen-bond donors (Lipinski definition) is 1. The van der Waals surface area contributed by atoms with E-state index in [4.69, 9.17) is 4.74 Å². The van der Waals surface area contributed by atoms with Gasteiger partial charge in [0.25, 0.3) is 5.69 Å². The largest absolute Gasteiger partial charge is 0.379 e. The molecule has 0 saturated heterocycles. The molecule has 8 nitrogen and oxygen atoms in total. The summed E-state index contributed by atoms with van der Waals surface area (Å²) in [6.07, 6.45) is 0. The highest BCUT2D eigenvalue weighted by atomic mass is 32.2. The number of nitro groups is 1. The predicted molar refractivity (Wildman–Crippen MR) is 86.9 cm³/mol. The van der Waals surface area contributed by atoms with Crippen LogP contribution in [0.5, 0.6) is 0 Å². The third kappa shape index (κ3) is 6.61. The van der Waals surface area contributed by atoms with Gasteiger partial charge in [0.2, 0.25) is 10.0 Å². The molecular formula is C14H23N3O5S. The van der Waals surface area contributed by atoms with E-state index in [9.17, 15) is 18.5 Å². The first-order chi connectivity index (χ1) is 10.9. The summed E-state index contributed by atoms with van der Waals surface area (Å²) < 4.78 is 31.8. The molecule has 1 aromatic carbocycles. The Morgan fingerprint density at radius 2 is 1.96 bits per heavy atom. The number of sulfonamides is 1. The zero-order valence-electron chi connectivity index (χ0n) is 13.4. The Hall–Kier alpha value is -1.55. The third-order valence-electron chi connectivity index (χ3n) is 3.32. The Balaban J connectivity index is 2.42. The molecule has 0 heterocycles. The fraction of sp³-hybridized carbons (Fsp3) is 0.571. The Morgan fingerprint density at radius 3 is 2.57 bits per heavy atom. The molecule has 130 valence electrons. The van der Waals surface area contributed by atoms with E-state index >= 15 is 0 Å². The average molecular weight is 345 g/mol. The Kier molecular flexibility index (Phi) is 8.10. The van der Waals surface area contributed by atoms with Crippen molar-refractivity contribution in [3.63, 3.8) is 0 Å². The van der Waals surface area contributed by atoms with Crippen molar-refractivity contribution in [3.8, 4) is 0 Å². The van der Waals surface area contributed by atoms with Crippen LogP contribution in [0.1, 0.15) is 13.8 Å². The molecule has 0 amide bonds. The maximum Gasteiger partial charge on any atom is 0.270 e. The van der Waals surface area contributed by atoms with E-state index in [2.05, 4.69) is 23.5 Å². The molecule has 0 radical (unpaired) electrons. The van der Waals surface area contributed by atoms with Crippen molar-refractivity contribution in [3.05, 3.63) is 34.4 Å². The minimum atomic E-state index is -3.77. The van der Waals surface area contributed by atoms with E-state index in [-0.39, 0.29) is 23.7 Å². The molecule has 1 aromatic rings. The molecule has 0 aliphatic rings. The zero-order valence-corrected chi connectivity index (χ0v) is 14.2. The van der Waals surface area contributed by atoms with Gasteiger partial charge in [0.15, 0.2) is 0 Å². The minimum Gasteiger partial charge on any atom is -0.379 e. The summed E-state index contributed by atoms with van der Waals surface area (Å²) >= 11 is 0. The number of nitrogens with zero attached hydrogens (tertiary/aromatic N) is 2. The topological polar surface area (TPSA) is 102 Å². The second-order valence-electron chi connectivity index (χ2n) is 4.79. The molecule has 0 spiro atoms. The Morgan fingerprint density at radius 1 is 1.26 bits per heavy atom. The highest BCUT2D eigenvalue weighted by Gasteiger charge is 2.16. The molecule has 0 aromatic heterocycles. The summed E-state index contributed by atoms with van der Waals surface area (Å²) in [6, 6.07) is 4.93. The third-order valence-corrected chi connectivity index (χ3v) is 4.78. The van der Waals surface area contributed by atoms with Crippen LogP contribution in [0.15, 0.2) is 29.2 Å². The van der Waals surface area contributed by atoms with Gasteiger partial charge in [-0.1, -0.05) is 19.9 Å². The molecule has 0 aliphatic carbocycles. The molecule has 0 fully saturated rings. The molecule has 0 atom stereocenters. The average Bonchev–Trinajstić information content (AvgIpc) is 2.54. The number of benzene rings is 1. The summed E-state index contributed by atoms with van der Waals surface area (Å²) in [7, 11) is -3.77. The van der Waals surface area contributed by atoms with Gasteiger partial charge in [0, 0.05) is 25.2 Å². The highest BCUT2D eigenvalue weighted by Crippen LogP contribution is 2.16. The second-order valence-corrected chi connectivity index (χ2v) is 6.56. The van der Waals surface area contributed by atoms with Crippen molar-refractivity contribution in [2.24, 2.45) is 0 Å². The van der Waals surface area contributed by atoms with Crippen LogP contribution in [0, 0.1) is 10.1 Å². The molecule has 1 N–H and O–H groups in total. The smallest absolute Gasteiger partial charge is 0.270 e. The summed E-state index contributed by atoms with van der Waals surface area (Å²) in [6.45, 7) is 7.70. The van der Waals surface area contributed by atoms with Gasteiger partial charge in [0.1, 0.15) is 0 Å². The number of likely N-dealkylation sites (N-methyl/N-ethyl adjacent to an activating group) is 1. The molecule has 0 aliphatic heterocycles. The van der Waals surface area contributed by atoms with E-state index in [1.807, 2.05) is 0 Å². The van der Waals surface area contributed by atoms with Crippen molar-refractivity contribution in [2.75, 3.05) is 39.4 Å². The Labute approximate surface area is 136 Å².